The number of carbonyl (C=O) groups is 1. The van der Waals surface area contributed by atoms with Crippen molar-refractivity contribution in [2.45, 2.75) is 26.8 Å². The molecule has 1 amide bonds. The number of rotatable bonds is 7. The molecule has 3 aromatic heterocycles. The van der Waals surface area contributed by atoms with E-state index < -0.39 is 4.92 Å². The number of benzene rings is 2. The SMILES string of the molecule is Cc1cc(C)c2sc(N(CCCn3ccnc3)C(=O)c3cc4cc([N+](=O)[O-])ccc4s3)nc2c1. The molecule has 2 aromatic carbocycles. The summed E-state index contributed by atoms with van der Waals surface area (Å²) in [7, 11) is 0. The van der Waals surface area contributed by atoms with Crippen molar-refractivity contribution < 1.29 is 9.72 Å². The van der Waals surface area contributed by atoms with Crippen molar-refractivity contribution >= 4 is 59.7 Å². The number of aryl methyl sites for hydroxylation is 3. The Morgan fingerprint density at radius 3 is 2.79 bits per heavy atom. The number of imidazole rings is 1. The number of amides is 1. The lowest BCUT2D eigenvalue weighted by atomic mass is 10.1. The molecule has 5 aromatic rings. The van der Waals surface area contributed by atoms with E-state index in [-0.39, 0.29) is 11.6 Å². The number of nitro groups is 1. The van der Waals surface area contributed by atoms with Crippen molar-refractivity contribution in [3.63, 3.8) is 0 Å². The summed E-state index contributed by atoms with van der Waals surface area (Å²) in [6.07, 6.45) is 6.12. The highest BCUT2D eigenvalue weighted by Gasteiger charge is 2.24. The molecule has 0 atom stereocenters. The van der Waals surface area contributed by atoms with Crippen molar-refractivity contribution in [1.29, 1.82) is 0 Å². The topological polar surface area (TPSA) is 94.2 Å². The van der Waals surface area contributed by atoms with Gasteiger partial charge < -0.3 is 4.57 Å². The smallest absolute Gasteiger partial charge is 0.270 e. The Morgan fingerprint density at radius 1 is 1.18 bits per heavy atom. The summed E-state index contributed by atoms with van der Waals surface area (Å²) in [6.45, 7) is 5.31. The molecule has 5 rings (SSSR count). The van der Waals surface area contributed by atoms with Crippen LogP contribution in [0.2, 0.25) is 0 Å². The predicted molar refractivity (Wildman–Crippen MR) is 136 cm³/mol. The first-order chi connectivity index (χ1) is 16.4. The molecule has 34 heavy (non-hydrogen) atoms. The highest BCUT2D eigenvalue weighted by Crippen LogP contribution is 2.35. The second-order valence-corrected chi connectivity index (χ2v) is 10.2. The van der Waals surface area contributed by atoms with E-state index in [4.69, 9.17) is 4.98 Å². The third-order valence-corrected chi connectivity index (χ3v) is 7.90. The number of aromatic nitrogens is 3. The first kappa shape index (κ1) is 22.2. The highest BCUT2D eigenvalue weighted by molar-refractivity contribution is 7.23. The molecular formula is C24H21N5O3S2. The van der Waals surface area contributed by atoms with Crippen molar-refractivity contribution in [2.24, 2.45) is 0 Å². The van der Waals surface area contributed by atoms with Crippen LogP contribution >= 0.6 is 22.7 Å². The quantitative estimate of drug-likeness (QED) is 0.206. The fourth-order valence-corrected chi connectivity index (χ4v) is 6.01. The van der Waals surface area contributed by atoms with Crippen LogP contribution in [0.25, 0.3) is 20.3 Å². The second-order valence-electron chi connectivity index (χ2n) is 8.13. The average molecular weight is 492 g/mol. The number of nitrogens with zero attached hydrogens (tertiary/aromatic N) is 5. The van der Waals surface area contributed by atoms with E-state index in [0.717, 1.165) is 39.0 Å². The van der Waals surface area contributed by atoms with E-state index >= 15 is 0 Å². The normalized spacial score (nSPS) is 11.4. The molecule has 0 aliphatic carbocycles. The number of hydrogen-bond acceptors (Lipinski definition) is 7. The van der Waals surface area contributed by atoms with Gasteiger partial charge in [-0.15, -0.1) is 11.3 Å². The van der Waals surface area contributed by atoms with Gasteiger partial charge in [-0.25, -0.2) is 9.97 Å². The number of hydrogen-bond donors (Lipinski definition) is 0. The fourth-order valence-electron chi connectivity index (χ4n) is 3.98. The van der Waals surface area contributed by atoms with Crippen LogP contribution in [0, 0.1) is 24.0 Å². The van der Waals surface area contributed by atoms with Crippen LogP contribution in [0.5, 0.6) is 0 Å². The molecule has 0 saturated heterocycles. The van der Waals surface area contributed by atoms with Crippen molar-refractivity contribution in [3.8, 4) is 0 Å². The molecule has 0 N–H and O–H groups in total. The first-order valence-electron chi connectivity index (χ1n) is 10.7. The Hall–Kier alpha value is -3.63. The summed E-state index contributed by atoms with van der Waals surface area (Å²) in [4.78, 5) is 35.6. The minimum absolute atomic E-state index is 0.0125. The summed E-state index contributed by atoms with van der Waals surface area (Å²) >= 11 is 2.86. The van der Waals surface area contributed by atoms with Gasteiger partial charge in [0, 0.05) is 47.7 Å². The molecule has 0 aliphatic rings. The number of fused-ring (bicyclic) bond motifs is 2. The number of carbonyl (C=O) groups excluding carboxylic acids is 1. The Morgan fingerprint density at radius 2 is 2.03 bits per heavy atom. The van der Waals surface area contributed by atoms with Crippen LogP contribution in [0.15, 0.2) is 55.1 Å². The Labute approximate surface area is 203 Å². The van der Waals surface area contributed by atoms with Crippen LogP contribution in [-0.4, -0.2) is 31.9 Å². The third kappa shape index (κ3) is 4.29. The van der Waals surface area contributed by atoms with E-state index in [1.54, 1.807) is 29.6 Å². The number of non-ortho nitro benzene ring substituents is 1. The number of thiazole rings is 1. The van der Waals surface area contributed by atoms with Gasteiger partial charge in [0.2, 0.25) is 0 Å². The molecule has 0 spiro atoms. The minimum Gasteiger partial charge on any atom is -0.337 e. The first-order valence-corrected chi connectivity index (χ1v) is 12.4. The molecular weight excluding hydrogens is 470 g/mol. The van der Waals surface area contributed by atoms with Crippen molar-refractivity contribution in [1.82, 2.24) is 14.5 Å². The van der Waals surface area contributed by atoms with Crippen LogP contribution < -0.4 is 4.90 Å². The van der Waals surface area contributed by atoms with E-state index in [1.807, 2.05) is 23.8 Å². The fraction of sp³-hybridized carbons (Fsp3) is 0.208. The van der Waals surface area contributed by atoms with Crippen molar-refractivity contribution in [2.75, 3.05) is 11.4 Å². The van der Waals surface area contributed by atoms with Gasteiger partial charge in [0.15, 0.2) is 5.13 Å². The van der Waals surface area contributed by atoms with Crippen molar-refractivity contribution in [3.05, 3.63) is 81.2 Å². The van der Waals surface area contributed by atoms with Gasteiger partial charge in [-0.1, -0.05) is 17.4 Å². The molecule has 172 valence electrons. The summed E-state index contributed by atoms with van der Waals surface area (Å²) in [5.74, 6) is -0.150. The predicted octanol–water partition coefficient (Wildman–Crippen LogP) is 5.97. The molecule has 0 fully saturated rings. The zero-order valence-corrected chi connectivity index (χ0v) is 20.2. The summed E-state index contributed by atoms with van der Waals surface area (Å²) < 4.78 is 3.88. The van der Waals surface area contributed by atoms with Crippen LogP contribution in [-0.2, 0) is 6.54 Å². The number of thiophene rings is 1. The lowest BCUT2D eigenvalue weighted by molar-refractivity contribution is -0.384. The lowest BCUT2D eigenvalue weighted by Crippen LogP contribution is -2.31. The van der Waals surface area contributed by atoms with E-state index in [1.165, 1.54) is 34.8 Å². The lowest BCUT2D eigenvalue weighted by Gasteiger charge is -2.19. The van der Waals surface area contributed by atoms with Gasteiger partial charge in [-0.05, 0) is 49.6 Å². The molecule has 0 saturated carbocycles. The van der Waals surface area contributed by atoms with Gasteiger partial charge in [-0.3, -0.25) is 19.8 Å². The Bertz CT molecular complexity index is 1520. The van der Waals surface area contributed by atoms with Gasteiger partial charge >= 0.3 is 0 Å². The van der Waals surface area contributed by atoms with Gasteiger partial charge in [-0.2, -0.15) is 0 Å². The Balaban J connectivity index is 1.50. The highest BCUT2D eigenvalue weighted by atomic mass is 32.1. The number of anilines is 1. The standard InChI is InChI=1S/C24H21N5O3S2/c1-15-10-16(2)22-19(11-15)26-24(34-22)28(8-3-7-27-9-6-25-14-27)23(30)21-13-17-12-18(29(31)32)4-5-20(17)33-21/h4-6,9-14H,3,7-8H2,1-2H3. The van der Waals surface area contributed by atoms with Crippen LogP contribution in [0.3, 0.4) is 0 Å². The van der Waals surface area contributed by atoms with E-state index in [2.05, 4.69) is 18.0 Å². The molecule has 0 unspecified atom stereocenters. The van der Waals surface area contributed by atoms with E-state index in [9.17, 15) is 14.9 Å². The third-order valence-electron chi connectivity index (χ3n) is 5.56. The molecule has 0 aliphatic heterocycles. The molecule has 3 heterocycles. The minimum atomic E-state index is -0.424. The van der Waals surface area contributed by atoms with Crippen LogP contribution in [0.1, 0.15) is 27.2 Å². The molecule has 8 nitrogen and oxygen atoms in total. The maximum atomic E-state index is 13.7. The van der Waals surface area contributed by atoms with Gasteiger partial charge in [0.05, 0.1) is 26.3 Å². The number of nitro benzene ring substituents is 1. The zero-order chi connectivity index (χ0) is 23.8. The molecule has 0 radical (unpaired) electrons. The molecule has 0 bridgehead atoms. The largest absolute Gasteiger partial charge is 0.337 e. The summed E-state index contributed by atoms with van der Waals surface area (Å²) in [5.41, 5.74) is 3.17. The van der Waals surface area contributed by atoms with Crippen LogP contribution in [0.4, 0.5) is 10.8 Å². The molecule has 10 heteroatoms. The van der Waals surface area contributed by atoms with Gasteiger partial charge in [0.25, 0.3) is 11.6 Å². The van der Waals surface area contributed by atoms with Gasteiger partial charge in [0.1, 0.15) is 0 Å². The zero-order valence-electron chi connectivity index (χ0n) is 18.6. The maximum Gasteiger partial charge on any atom is 0.270 e. The second kappa shape index (κ2) is 8.96. The summed E-state index contributed by atoms with van der Waals surface area (Å²) in [6, 6.07) is 10.6. The van der Waals surface area contributed by atoms with E-state index in [0.29, 0.717) is 21.9 Å². The maximum absolute atomic E-state index is 13.7. The average Bonchev–Trinajstić information content (AvgIpc) is 3.54. The monoisotopic (exact) mass is 491 g/mol. The Kier molecular flexibility index (Phi) is 5.84. The summed E-state index contributed by atoms with van der Waals surface area (Å²) in [5, 5.41) is 12.5.